The van der Waals surface area contributed by atoms with Crippen LogP contribution in [0.25, 0.3) is 0 Å². The van der Waals surface area contributed by atoms with E-state index in [0.29, 0.717) is 18.0 Å². The van der Waals surface area contributed by atoms with Crippen LogP contribution >= 0.6 is 0 Å². The maximum atomic E-state index is 14.2. The number of benzene rings is 1. The van der Waals surface area contributed by atoms with Crippen LogP contribution in [-0.4, -0.2) is 25.2 Å². The van der Waals surface area contributed by atoms with Crippen LogP contribution in [0, 0.1) is 18.7 Å². The molecule has 1 saturated heterocycles. The molecule has 0 bridgehead atoms. The van der Waals surface area contributed by atoms with Crippen LogP contribution < -0.4 is 10.2 Å². The molecule has 1 aliphatic rings. The first-order chi connectivity index (χ1) is 9.56. The summed E-state index contributed by atoms with van der Waals surface area (Å²) < 4.78 is 14.2. The van der Waals surface area contributed by atoms with Crippen molar-refractivity contribution in [3.63, 3.8) is 0 Å². The molecule has 1 fully saturated rings. The van der Waals surface area contributed by atoms with Crippen molar-refractivity contribution < 1.29 is 4.39 Å². The standard InChI is InChI=1S/C17H27FN2/c1-5-10-19-16-9-11-20(14(4)13(16)3)17-12(2)7-6-8-15(17)18/h6-8,13-14,16,19H,5,9-11H2,1-4H3. The molecule has 112 valence electrons. The van der Waals surface area contributed by atoms with Gasteiger partial charge >= 0.3 is 0 Å². The van der Waals surface area contributed by atoms with E-state index in [9.17, 15) is 4.39 Å². The fraction of sp³-hybridized carbons (Fsp3) is 0.647. The SMILES string of the molecule is CCCNC1CCN(c2c(C)cccc2F)C(C)C1C. The lowest BCUT2D eigenvalue weighted by Gasteiger charge is -2.45. The minimum absolute atomic E-state index is 0.0935. The molecule has 1 N–H and O–H groups in total. The molecule has 1 aliphatic heterocycles. The van der Waals surface area contributed by atoms with Crippen LogP contribution in [0.1, 0.15) is 39.2 Å². The molecule has 2 nitrogen and oxygen atoms in total. The smallest absolute Gasteiger partial charge is 0.146 e. The third kappa shape index (κ3) is 2.98. The van der Waals surface area contributed by atoms with Gasteiger partial charge in [-0.3, -0.25) is 0 Å². The van der Waals surface area contributed by atoms with Crippen molar-refractivity contribution in [2.75, 3.05) is 18.0 Å². The Morgan fingerprint density at radius 1 is 1.35 bits per heavy atom. The van der Waals surface area contributed by atoms with Gasteiger partial charge < -0.3 is 10.2 Å². The van der Waals surface area contributed by atoms with E-state index in [1.54, 1.807) is 12.1 Å². The summed E-state index contributed by atoms with van der Waals surface area (Å²) in [6.07, 6.45) is 2.24. The van der Waals surface area contributed by atoms with Gasteiger partial charge in [0.15, 0.2) is 0 Å². The molecule has 3 atom stereocenters. The van der Waals surface area contributed by atoms with Crippen molar-refractivity contribution in [1.29, 1.82) is 0 Å². The second-order valence-corrected chi connectivity index (χ2v) is 6.05. The van der Waals surface area contributed by atoms with E-state index < -0.39 is 0 Å². The molecule has 0 radical (unpaired) electrons. The molecule has 0 spiro atoms. The molecule has 3 heteroatoms. The molecule has 0 amide bonds. The molecule has 1 heterocycles. The number of para-hydroxylation sites is 1. The number of halogens is 1. The molecule has 1 aromatic carbocycles. The molecule has 1 aromatic rings. The number of nitrogens with zero attached hydrogens (tertiary/aromatic N) is 1. The van der Waals surface area contributed by atoms with Crippen molar-refractivity contribution in [3.8, 4) is 0 Å². The number of hydrogen-bond donors (Lipinski definition) is 1. The van der Waals surface area contributed by atoms with E-state index in [1.165, 1.54) is 0 Å². The third-order valence-corrected chi connectivity index (χ3v) is 4.70. The zero-order valence-electron chi connectivity index (χ0n) is 13.1. The Bertz CT molecular complexity index is 426. The van der Waals surface area contributed by atoms with E-state index in [2.05, 4.69) is 31.0 Å². The van der Waals surface area contributed by atoms with Crippen LogP contribution in [0.5, 0.6) is 0 Å². The lowest BCUT2D eigenvalue weighted by molar-refractivity contribution is 0.269. The Labute approximate surface area is 122 Å². The first-order valence-corrected chi connectivity index (χ1v) is 7.81. The van der Waals surface area contributed by atoms with E-state index >= 15 is 0 Å². The van der Waals surface area contributed by atoms with Crippen LogP contribution in [0.2, 0.25) is 0 Å². The summed E-state index contributed by atoms with van der Waals surface area (Å²) in [4.78, 5) is 2.25. The fourth-order valence-corrected chi connectivity index (χ4v) is 3.28. The van der Waals surface area contributed by atoms with Gasteiger partial charge in [-0.05, 0) is 50.8 Å². The summed E-state index contributed by atoms with van der Waals surface area (Å²) in [6, 6.07) is 6.26. The van der Waals surface area contributed by atoms with Gasteiger partial charge in [0.1, 0.15) is 5.82 Å². The highest BCUT2D eigenvalue weighted by molar-refractivity contribution is 5.55. The summed E-state index contributed by atoms with van der Waals surface area (Å²) in [5.74, 6) is 0.429. The Balaban J connectivity index is 2.16. The Morgan fingerprint density at radius 3 is 2.75 bits per heavy atom. The fourth-order valence-electron chi connectivity index (χ4n) is 3.28. The number of piperidine rings is 1. The van der Waals surface area contributed by atoms with Crippen molar-refractivity contribution in [2.24, 2.45) is 5.92 Å². The highest BCUT2D eigenvalue weighted by atomic mass is 19.1. The van der Waals surface area contributed by atoms with E-state index in [4.69, 9.17) is 0 Å². The summed E-state index contributed by atoms with van der Waals surface area (Å²) >= 11 is 0. The first kappa shape index (κ1) is 15.3. The van der Waals surface area contributed by atoms with Gasteiger partial charge in [-0.1, -0.05) is 26.0 Å². The molecule has 20 heavy (non-hydrogen) atoms. The highest BCUT2D eigenvalue weighted by Gasteiger charge is 2.33. The van der Waals surface area contributed by atoms with Crippen molar-refractivity contribution >= 4 is 5.69 Å². The monoisotopic (exact) mass is 278 g/mol. The number of rotatable bonds is 4. The Morgan fingerprint density at radius 2 is 2.10 bits per heavy atom. The molecular formula is C17H27FN2. The van der Waals surface area contributed by atoms with Gasteiger partial charge in [0.05, 0.1) is 5.69 Å². The first-order valence-electron chi connectivity index (χ1n) is 7.81. The quantitative estimate of drug-likeness (QED) is 0.902. The molecule has 0 aliphatic carbocycles. The largest absolute Gasteiger partial charge is 0.366 e. The highest BCUT2D eigenvalue weighted by Crippen LogP contribution is 2.32. The number of nitrogens with one attached hydrogen (secondary N) is 1. The second kappa shape index (κ2) is 6.57. The maximum Gasteiger partial charge on any atom is 0.146 e. The lowest BCUT2D eigenvalue weighted by Crippen LogP contribution is -2.54. The lowest BCUT2D eigenvalue weighted by atomic mass is 9.86. The minimum atomic E-state index is -0.0935. The minimum Gasteiger partial charge on any atom is -0.366 e. The van der Waals surface area contributed by atoms with E-state index in [1.807, 2.05) is 13.0 Å². The summed E-state index contributed by atoms with van der Waals surface area (Å²) in [5.41, 5.74) is 1.82. The van der Waals surface area contributed by atoms with Crippen molar-refractivity contribution in [3.05, 3.63) is 29.6 Å². The summed E-state index contributed by atoms with van der Waals surface area (Å²) in [5, 5.41) is 3.63. The number of hydrogen-bond acceptors (Lipinski definition) is 2. The van der Waals surface area contributed by atoms with Gasteiger partial charge in [0, 0.05) is 18.6 Å². The maximum absolute atomic E-state index is 14.2. The van der Waals surface area contributed by atoms with Gasteiger partial charge in [-0.2, -0.15) is 0 Å². The van der Waals surface area contributed by atoms with Crippen LogP contribution in [0.15, 0.2) is 18.2 Å². The molecular weight excluding hydrogens is 251 g/mol. The number of aryl methyl sites for hydroxylation is 1. The predicted octanol–water partition coefficient (Wildman–Crippen LogP) is 3.74. The Hall–Kier alpha value is -1.09. The van der Waals surface area contributed by atoms with Gasteiger partial charge in [-0.25, -0.2) is 4.39 Å². The van der Waals surface area contributed by atoms with Crippen molar-refractivity contribution in [1.82, 2.24) is 5.32 Å². The molecule has 2 rings (SSSR count). The molecule has 0 aromatic heterocycles. The predicted molar refractivity (Wildman–Crippen MR) is 83.8 cm³/mol. The normalized spacial score (nSPS) is 26.9. The van der Waals surface area contributed by atoms with Gasteiger partial charge in [-0.15, -0.1) is 0 Å². The summed E-state index contributed by atoms with van der Waals surface area (Å²) in [6.45, 7) is 10.7. The van der Waals surface area contributed by atoms with E-state index in [0.717, 1.165) is 37.2 Å². The zero-order valence-corrected chi connectivity index (χ0v) is 13.1. The van der Waals surface area contributed by atoms with Crippen LogP contribution in [-0.2, 0) is 0 Å². The van der Waals surface area contributed by atoms with Gasteiger partial charge in [0.25, 0.3) is 0 Å². The van der Waals surface area contributed by atoms with Gasteiger partial charge in [0.2, 0.25) is 0 Å². The average Bonchev–Trinajstić information content (AvgIpc) is 2.42. The Kier molecular flexibility index (Phi) is 5.03. The average molecular weight is 278 g/mol. The third-order valence-electron chi connectivity index (χ3n) is 4.70. The zero-order chi connectivity index (χ0) is 14.7. The molecule has 0 saturated carbocycles. The van der Waals surface area contributed by atoms with E-state index in [-0.39, 0.29) is 5.82 Å². The topological polar surface area (TPSA) is 15.3 Å². The van der Waals surface area contributed by atoms with Crippen LogP contribution in [0.3, 0.4) is 0 Å². The number of anilines is 1. The second-order valence-electron chi connectivity index (χ2n) is 6.05. The molecule has 3 unspecified atom stereocenters. The van der Waals surface area contributed by atoms with Crippen LogP contribution in [0.4, 0.5) is 10.1 Å². The summed E-state index contributed by atoms with van der Waals surface area (Å²) in [7, 11) is 0. The van der Waals surface area contributed by atoms with Crippen molar-refractivity contribution in [2.45, 2.75) is 52.6 Å².